The lowest BCUT2D eigenvalue weighted by molar-refractivity contribution is -0.166. The zero-order valence-corrected chi connectivity index (χ0v) is 41.9. The Bertz CT molecular complexity index is 1510. The quantitative estimate of drug-likeness (QED) is 0.0199. The third kappa shape index (κ3) is 50.3. The zero-order chi connectivity index (χ0) is 47.9. The smallest absolute Gasteiger partial charge is 0.306 e. The van der Waals surface area contributed by atoms with Crippen LogP contribution in [0.2, 0.25) is 0 Å². The van der Waals surface area contributed by atoms with E-state index >= 15 is 0 Å². The second kappa shape index (κ2) is 52.9. The Labute approximate surface area is 404 Å². The molecule has 66 heavy (non-hydrogen) atoms. The summed E-state index contributed by atoms with van der Waals surface area (Å²) in [6, 6.07) is 0. The van der Waals surface area contributed by atoms with Gasteiger partial charge in [0.1, 0.15) is 13.2 Å². The molecular formula is C60H92O6. The SMILES string of the molecule is CC\C=C/C=C\C=C/C=C\C=C\C=C/CCCCCC(=O)OCC(COC(=O)CCCCCCCCC/C=C\CCCCCC)OC(=O)CC/C=C\C/C=C\C/C=C\C/C=C\C/C=C\CC. The highest BCUT2D eigenvalue weighted by atomic mass is 16.6. The van der Waals surface area contributed by atoms with Crippen LogP contribution in [-0.2, 0) is 28.6 Å². The number of carbonyl (C=O) groups is 3. The average molecular weight is 909 g/mol. The van der Waals surface area contributed by atoms with Crippen molar-refractivity contribution in [2.75, 3.05) is 13.2 Å². The molecule has 0 rings (SSSR count). The molecule has 1 atom stereocenters. The van der Waals surface area contributed by atoms with Crippen molar-refractivity contribution in [1.29, 1.82) is 0 Å². The van der Waals surface area contributed by atoms with Crippen molar-refractivity contribution >= 4 is 17.9 Å². The van der Waals surface area contributed by atoms with Crippen LogP contribution < -0.4 is 0 Å². The van der Waals surface area contributed by atoms with Crippen LogP contribution in [0, 0.1) is 0 Å². The molecule has 0 N–H and O–H groups in total. The molecule has 0 aliphatic carbocycles. The predicted octanol–water partition coefficient (Wildman–Crippen LogP) is 17.3. The molecule has 0 bridgehead atoms. The van der Waals surface area contributed by atoms with E-state index in [9.17, 15) is 14.4 Å². The molecule has 6 heteroatoms. The Morgan fingerprint density at radius 1 is 0.333 bits per heavy atom. The van der Waals surface area contributed by atoms with Gasteiger partial charge in [0.2, 0.25) is 0 Å². The highest BCUT2D eigenvalue weighted by molar-refractivity contribution is 5.71. The fourth-order valence-electron chi connectivity index (χ4n) is 6.40. The Morgan fingerprint density at radius 2 is 0.697 bits per heavy atom. The summed E-state index contributed by atoms with van der Waals surface area (Å²) in [5.74, 6) is -1.08. The lowest BCUT2D eigenvalue weighted by Crippen LogP contribution is -2.30. The highest BCUT2D eigenvalue weighted by Gasteiger charge is 2.19. The van der Waals surface area contributed by atoms with Gasteiger partial charge in [-0.05, 0) is 96.3 Å². The van der Waals surface area contributed by atoms with E-state index in [4.69, 9.17) is 14.2 Å². The van der Waals surface area contributed by atoms with Crippen molar-refractivity contribution in [3.05, 3.63) is 146 Å². The van der Waals surface area contributed by atoms with Crippen LogP contribution in [0.25, 0.3) is 0 Å². The van der Waals surface area contributed by atoms with Gasteiger partial charge in [0.05, 0.1) is 0 Å². The van der Waals surface area contributed by atoms with E-state index in [1.165, 1.54) is 64.2 Å². The molecule has 368 valence electrons. The summed E-state index contributed by atoms with van der Waals surface area (Å²) in [6.45, 7) is 6.24. The third-order valence-electron chi connectivity index (χ3n) is 10.2. The molecule has 0 aromatic rings. The molecule has 0 fully saturated rings. The van der Waals surface area contributed by atoms with E-state index in [0.717, 1.165) is 77.0 Å². The molecule has 0 radical (unpaired) electrons. The molecule has 0 saturated carbocycles. The standard InChI is InChI=1S/C60H92O6/c1-4-7-10-13-16-19-22-25-28-30-33-35-38-41-44-47-50-53-59(62)65-56-57(55-64-58(61)52-49-46-43-40-37-34-31-27-24-21-18-15-12-9-6-3)66-60(63)54-51-48-45-42-39-36-32-29-26-23-20-17-14-11-8-5-2/h7-8,10-11,13,16-17,19-22,24-26,28-30,33,35-36,38-39,45,48,57H,4-6,9,12,14-15,18,23,27,31-32,34,37,40-44,46-47,49-56H2,1-3H3/b10-7-,11-8-,16-13-,20-17-,22-19-,24-21-,28-25-,29-26-,33-30+,38-35-,39-36-,48-45-. The van der Waals surface area contributed by atoms with Crippen molar-refractivity contribution in [2.24, 2.45) is 0 Å². The maximum absolute atomic E-state index is 12.8. The number of esters is 3. The Kier molecular flexibility index (Phi) is 49.1. The van der Waals surface area contributed by atoms with E-state index in [-0.39, 0.29) is 38.0 Å². The van der Waals surface area contributed by atoms with Gasteiger partial charge >= 0.3 is 17.9 Å². The van der Waals surface area contributed by atoms with Crippen LogP contribution in [-0.4, -0.2) is 37.2 Å². The van der Waals surface area contributed by atoms with Gasteiger partial charge in [0.15, 0.2) is 6.10 Å². The van der Waals surface area contributed by atoms with Gasteiger partial charge in [-0.2, -0.15) is 0 Å². The molecule has 0 saturated heterocycles. The normalized spacial score (nSPS) is 13.3. The van der Waals surface area contributed by atoms with Crippen molar-refractivity contribution < 1.29 is 28.6 Å². The zero-order valence-electron chi connectivity index (χ0n) is 41.9. The Balaban J connectivity index is 4.63. The molecule has 0 heterocycles. The second-order valence-corrected chi connectivity index (χ2v) is 16.5. The summed E-state index contributed by atoms with van der Waals surface area (Å²) in [5, 5.41) is 0. The minimum Gasteiger partial charge on any atom is -0.462 e. The van der Waals surface area contributed by atoms with Crippen molar-refractivity contribution in [1.82, 2.24) is 0 Å². The third-order valence-corrected chi connectivity index (χ3v) is 10.2. The maximum Gasteiger partial charge on any atom is 0.306 e. The predicted molar refractivity (Wildman–Crippen MR) is 283 cm³/mol. The molecule has 0 spiro atoms. The molecule has 1 unspecified atom stereocenters. The number of ether oxygens (including phenoxy) is 3. The van der Waals surface area contributed by atoms with Crippen molar-refractivity contribution in [2.45, 2.75) is 200 Å². The average Bonchev–Trinajstić information content (AvgIpc) is 3.31. The van der Waals surface area contributed by atoms with E-state index in [2.05, 4.69) is 93.7 Å². The molecule has 0 aliphatic rings. The monoisotopic (exact) mass is 909 g/mol. The van der Waals surface area contributed by atoms with Gasteiger partial charge in [-0.3, -0.25) is 14.4 Å². The Morgan fingerprint density at radius 3 is 1.18 bits per heavy atom. The number of carbonyl (C=O) groups excluding carboxylic acids is 3. The summed E-state index contributed by atoms with van der Waals surface area (Å²) >= 11 is 0. The van der Waals surface area contributed by atoms with E-state index in [0.29, 0.717) is 19.3 Å². The molecule has 0 amide bonds. The fourth-order valence-corrected chi connectivity index (χ4v) is 6.40. The molecule has 6 nitrogen and oxygen atoms in total. The van der Waals surface area contributed by atoms with Gasteiger partial charge in [-0.25, -0.2) is 0 Å². The first-order chi connectivity index (χ1) is 32.5. The molecular weight excluding hydrogens is 817 g/mol. The van der Waals surface area contributed by atoms with Crippen LogP contribution in [0.3, 0.4) is 0 Å². The van der Waals surface area contributed by atoms with E-state index in [1.807, 2.05) is 72.9 Å². The number of hydrogen-bond acceptors (Lipinski definition) is 6. The minimum atomic E-state index is -0.844. The summed E-state index contributed by atoms with van der Waals surface area (Å²) in [6.07, 6.45) is 75.5. The molecule has 0 aromatic heterocycles. The van der Waals surface area contributed by atoms with Gasteiger partial charge in [-0.15, -0.1) is 0 Å². The van der Waals surface area contributed by atoms with Crippen LogP contribution in [0.4, 0.5) is 0 Å². The summed E-state index contributed by atoms with van der Waals surface area (Å²) in [5.41, 5.74) is 0. The van der Waals surface area contributed by atoms with E-state index < -0.39 is 12.1 Å². The minimum absolute atomic E-state index is 0.131. The van der Waals surface area contributed by atoms with Gasteiger partial charge in [-0.1, -0.05) is 224 Å². The Hall–Kier alpha value is -4.71. The molecule has 0 aromatic carbocycles. The van der Waals surface area contributed by atoms with Crippen molar-refractivity contribution in [3.63, 3.8) is 0 Å². The summed E-state index contributed by atoms with van der Waals surface area (Å²) in [4.78, 5) is 38.0. The van der Waals surface area contributed by atoms with Crippen molar-refractivity contribution in [3.8, 4) is 0 Å². The van der Waals surface area contributed by atoms with Crippen LogP contribution in [0.5, 0.6) is 0 Å². The highest BCUT2D eigenvalue weighted by Crippen LogP contribution is 2.12. The first kappa shape index (κ1) is 61.3. The first-order valence-electron chi connectivity index (χ1n) is 25.9. The first-order valence-corrected chi connectivity index (χ1v) is 25.9. The van der Waals surface area contributed by atoms with Crippen LogP contribution in [0.1, 0.15) is 194 Å². The number of unbranched alkanes of at least 4 members (excludes halogenated alkanes) is 14. The van der Waals surface area contributed by atoms with Gasteiger partial charge in [0.25, 0.3) is 0 Å². The lowest BCUT2D eigenvalue weighted by Gasteiger charge is -2.18. The summed E-state index contributed by atoms with van der Waals surface area (Å²) in [7, 11) is 0. The molecule has 0 aliphatic heterocycles. The summed E-state index contributed by atoms with van der Waals surface area (Å²) < 4.78 is 16.7. The van der Waals surface area contributed by atoms with E-state index in [1.54, 1.807) is 0 Å². The fraction of sp³-hybridized carbons (Fsp3) is 0.550. The lowest BCUT2D eigenvalue weighted by atomic mass is 10.1. The number of rotatable bonds is 44. The number of hydrogen-bond donors (Lipinski definition) is 0. The topological polar surface area (TPSA) is 78.9 Å². The largest absolute Gasteiger partial charge is 0.462 e. The maximum atomic E-state index is 12.8. The second-order valence-electron chi connectivity index (χ2n) is 16.5. The van der Waals surface area contributed by atoms with Gasteiger partial charge < -0.3 is 14.2 Å². The number of allylic oxidation sites excluding steroid dienone is 24. The van der Waals surface area contributed by atoms with Gasteiger partial charge in [0, 0.05) is 19.3 Å². The van der Waals surface area contributed by atoms with Crippen LogP contribution >= 0.6 is 0 Å². The van der Waals surface area contributed by atoms with Crippen LogP contribution in [0.15, 0.2) is 146 Å².